The standard InChI is InChI=1S/C18H18N6O3S/c1-11(16(25)21-17(19)26)28-18-23-22-15(12-7-9-20-10-8-12)24(18)13-3-5-14(27-2)6-4-13/h3-11H,1-2H3,(H3,19,21,25,26)/t11-/m1/s1. The Bertz CT molecular complexity index is 975. The van der Waals surface area contributed by atoms with Crippen molar-refractivity contribution in [1.82, 2.24) is 25.1 Å². The zero-order valence-corrected chi connectivity index (χ0v) is 16.0. The number of nitrogens with two attached hydrogens (primary N) is 1. The first-order valence-electron chi connectivity index (χ1n) is 8.26. The second kappa shape index (κ2) is 8.53. The first-order valence-corrected chi connectivity index (χ1v) is 9.14. The third kappa shape index (κ3) is 4.29. The molecule has 9 nitrogen and oxygen atoms in total. The van der Waals surface area contributed by atoms with Crippen LogP contribution in [0.2, 0.25) is 0 Å². The zero-order chi connectivity index (χ0) is 20.1. The Hall–Kier alpha value is -3.40. The van der Waals surface area contributed by atoms with Crippen molar-refractivity contribution in [3.63, 3.8) is 0 Å². The number of primary amides is 1. The number of pyridine rings is 1. The van der Waals surface area contributed by atoms with Gasteiger partial charge >= 0.3 is 6.03 Å². The van der Waals surface area contributed by atoms with Gasteiger partial charge in [0.15, 0.2) is 11.0 Å². The van der Waals surface area contributed by atoms with Gasteiger partial charge in [0, 0.05) is 23.6 Å². The van der Waals surface area contributed by atoms with E-state index in [4.69, 9.17) is 10.5 Å². The van der Waals surface area contributed by atoms with Crippen molar-refractivity contribution in [3.05, 3.63) is 48.8 Å². The van der Waals surface area contributed by atoms with Crippen LogP contribution in [-0.4, -0.2) is 44.0 Å². The van der Waals surface area contributed by atoms with Gasteiger partial charge in [-0.2, -0.15) is 0 Å². The van der Waals surface area contributed by atoms with Crippen molar-refractivity contribution in [3.8, 4) is 22.8 Å². The fourth-order valence-corrected chi connectivity index (χ4v) is 3.30. The van der Waals surface area contributed by atoms with Gasteiger partial charge in [0.05, 0.1) is 12.4 Å². The average Bonchev–Trinajstić information content (AvgIpc) is 3.11. The molecule has 3 N–H and O–H groups in total. The summed E-state index contributed by atoms with van der Waals surface area (Å²) in [6, 6.07) is 10.1. The molecule has 28 heavy (non-hydrogen) atoms. The van der Waals surface area contributed by atoms with Crippen LogP contribution in [-0.2, 0) is 4.79 Å². The highest BCUT2D eigenvalue weighted by molar-refractivity contribution is 8.00. The maximum atomic E-state index is 12.1. The van der Waals surface area contributed by atoms with Crippen LogP contribution in [0.1, 0.15) is 6.92 Å². The van der Waals surface area contributed by atoms with Gasteiger partial charge in [-0.15, -0.1) is 10.2 Å². The lowest BCUT2D eigenvalue weighted by molar-refractivity contribution is -0.119. The first kappa shape index (κ1) is 19.4. The quantitative estimate of drug-likeness (QED) is 0.608. The fourth-order valence-electron chi connectivity index (χ4n) is 2.43. The molecule has 0 saturated carbocycles. The topological polar surface area (TPSA) is 125 Å². The zero-order valence-electron chi connectivity index (χ0n) is 15.2. The number of ether oxygens (including phenoxy) is 1. The predicted molar refractivity (Wildman–Crippen MR) is 104 cm³/mol. The Labute approximate surface area is 165 Å². The molecule has 144 valence electrons. The minimum absolute atomic E-state index is 0.490. The van der Waals surface area contributed by atoms with Crippen molar-refractivity contribution < 1.29 is 14.3 Å². The second-order valence-corrected chi connectivity index (χ2v) is 7.00. The van der Waals surface area contributed by atoms with Crippen LogP contribution in [0.15, 0.2) is 53.9 Å². The van der Waals surface area contributed by atoms with E-state index >= 15 is 0 Å². The SMILES string of the molecule is COc1ccc(-n2c(S[C@H](C)C(=O)NC(N)=O)nnc2-c2ccncc2)cc1. The van der Waals surface area contributed by atoms with Crippen molar-refractivity contribution in [1.29, 1.82) is 0 Å². The molecule has 0 spiro atoms. The number of methoxy groups -OCH3 is 1. The summed E-state index contributed by atoms with van der Waals surface area (Å²) in [4.78, 5) is 27.0. The van der Waals surface area contributed by atoms with Gasteiger partial charge in [-0.3, -0.25) is 19.7 Å². The predicted octanol–water partition coefficient (Wildman–Crippen LogP) is 2.01. The number of nitrogens with one attached hydrogen (secondary N) is 1. The van der Waals surface area contributed by atoms with Crippen molar-refractivity contribution in [2.24, 2.45) is 5.73 Å². The van der Waals surface area contributed by atoms with Gasteiger partial charge < -0.3 is 10.5 Å². The van der Waals surface area contributed by atoms with Crippen LogP contribution in [0.4, 0.5) is 4.79 Å². The van der Waals surface area contributed by atoms with E-state index < -0.39 is 17.2 Å². The van der Waals surface area contributed by atoms with E-state index in [1.54, 1.807) is 26.4 Å². The Morgan fingerprint density at radius 2 is 1.82 bits per heavy atom. The smallest absolute Gasteiger partial charge is 0.318 e. The molecule has 3 rings (SSSR count). The normalized spacial score (nSPS) is 11.6. The third-order valence-corrected chi connectivity index (χ3v) is 4.84. The molecule has 2 heterocycles. The largest absolute Gasteiger partial charge is 0.497 e. The summed E-state index contributed by atoms with van der Waals surface area (Å²) in [6.07, 6.45) is 3.33. The van der Waals surface area contributed by atoms with Crippen LogP contribution < -0.4 is 15.8 Å². The molecule has 10 heteroatoms. The lowest BCUT2D eigenvalue weighted by atomic mass is 10.2. The number of aromatic nitrogens is 4. The number of imide groups is 1. The van der Waals surface area contributed by atoms with Crippen LogP contribution in [0.5, 0.6) is 5.75 Å². The van der Waals surface area contributed by atoms with Crippen LogP contribution in [0, 0.1) is 0 Å². The number of amides is 3. The summed E-state index contributed by atoms with van der Waals surface area (Å²) in [5.41, 5.74) is 6.63. The van der Waals surface area contributed by atoms with Gasteiger partial charge in [-0.1, -0.05) is 11.8 Å². The molecule has 2 aromatic heterocycles. The third-order valence-electron chi connectivity index (χ3n) is 3.80. The number of benzene rings is 1. The Balaban J connectivity index is 2.01. The molecular formula is C18H18N6O3S. The first-order chi connectivity index (χ1) is 13.5. The van der Waals surface area contributed by atoms with Crippen molar-refractivity contribution in [2.75, 3.05) is 7.11 Å². The molecule has 0 aliphatic carbocycles. The minimum Gasteiger partial charge on any atom is -0.497 e. The van der Waals surface area contributed by atoms with E-state index in [2.05, 4.69) is 20.5 Å². The molecule has 0 aliphatic rings. The average molecular weight is 398 g/mol. The number of rotatable bonds is 6. The maximum absolute atomic E-state index is 12.1. The summed E-state index contributed by atoms with van der Waals surface area (Å²) < 4.78 is 7.04. The molecule has 0 unspecified atom stereocenters. The summed E-state index contributed by atoms with van der Waals surface area (Å²) in [6.45, 7) is 1.65. The molecule has 0 aliphatic heterocycles. The van der Waals surface area contributed by atoms with E-state index in [1.807, 2.05) is 41.0 Å². The lowest BCUT2D eigenvalue weighted by Gasteiger charge is -2.13. The van der Waals surface area contributed by atoms with Crippen LogP contribution >= 0.6 is 11.8 Å². The molecule has 1 atom stereocenters. The number of thioether (sulfide) groups is 1. The van der Waals surface area contributed by atoms with Gasteiger partial charge in [-0.05, 0) is 43.3 Å². The van der Waals surface area contributed by atoms with Crippen molar-refractivity contribution in [2.45, 2.75) is 17.3 Å². The van der Waals surface area contributed by atoms with E-state index in [9.17, 15) is 9.59 Å². The summed E-state index contributed by atoms with van der Waals surface area (Å²) >= 11 is 1.16. The lowest BCUT2D eigenvalue weighted by Crippen LogP contribution is -2.39. The minimum atomic E-state index is -0.897. The molecular weight excluding hydrogens is 380 g/mol. The van der Waals surface area contributed by atoms with E-state index in [0.29, 0.717) is 16.7 Å². The molecule has 0 bridgehead atoms. The Morgan fingerprint density at radius 1 is 1.14 bits per heavy atom. The molecule has 0 saturated heterocycles. The van der Waals surface area contributed by atoms with E-state index in [-0.39, 0.29) is 0 Å². The second-order valence-electron chi connectivity index (χ2n) is 5.69. The highest BCUT2D eigenvalue weighted by atomic mass is 32.2. The number of hydrogen-bond donors (Lipinski definition) is 2. The van der Waals surface area contributed by atoms with Gasteiger partial charge in [0.25, 0.3) is 0 Å². The van der Waals surface area contributed by atoms with Crippen LogP contribution in [0.25, 0.3) is 17.1 Å². The number of hydrogen-bond acceptors (Lipinski definition) is 7. The summed E-state index contributed by atoms with van der Waals surface area (Å²) in [5.74, 6) is 0.801. The molecule has 1 aromatic carbocycles. The summed E-state index contributed by atoms with van der Waals surface area (Å²) in [7, 11) is 1.59. The molecule has 0 radical (unpaired) electrons. The van der Waals surface area contributed by atoms with Gasteiger partial charge in [-0.25, -0.2) is 4.79 Å². The number of carbonyl (C=O) groups excluding carboxylic acids is 2. The Kier molecular flexibility index (Phi) is 5.90. The summed E-state index contributed by atoms with van der Waals surface area (Å²) in [5, 5.41) is 10.5. The van der Waals surface area contributed by atoms with Gasteiger partial charge in [0.1, 0.15) is 5.75 Å². The fraction of sp³-hybridized carbons (Fsp3) is 0.167. The van der Waals surface area contributed by atoms with Crippen LogP contribution in [0.3, 0.4) is 0 Å². The number of carbonyl (C=O) groups is 2. The van der Waals surface area contributed by atoms with E-state index in [1.165, 1.54) is 0 Å². The maximum Gasteiger partial charge on any atom is 0.318 e. The number of nitrogens with zero attached hydrogens (tertiary/aromatic N) is 4. The van der Waals surface area contributed by atoms with Gasteiger partial charge in [0.2, 0.25) is 5.91 Å². The highest BCUT2D eigenvalue weighted by Gasteiger charge is 2.22. The number of urea groups is 1. The monoisotopic (exact) mass is 398 g/mol. The Morgan fingerprint density at radius 3 is 2.43 bits per heavy atom. The van der Waals surface area contributed by atoms with Crippen molar-refractivity contribution >= 4 is 23.7 Å². The highest BCUT2D eigenvalue weighted by Crippen LogP contribution is 2.30. The van der Waals surface area contributed by atoms with E-state index in [0.717, 1.165) is 23.0 Å². The molecule has 3 aromatic rings. The molecule has 0 fully saturated rings. The molecule has 3 amide bonds.